The third kappa shape index (κ3) is 3.05. The van der Waals surface area contributed by atoms with Crippen molar-refractivity contribution in [1.82, 2.24) is 19.9 Å². The number of aromatic nitrogens is 4. The number of nitrogen functional groups attached to an aromatic ring is 1. The molecule has 2 aliphatic rings. The Bertz CT molecular complexity index is 693. The van der Waals surface area contributed by atoms with Crippen LogP contribution in [0.2, 0.25) is 0 Å². The molecule has 24 heavy (non-hydrogen) atoms. The van der Waals surface area contributed by atoms with Crippen molar-refractivity contribution in [3.63, 3.8) is 0 Å². The van der Waals surface area contributed by atoms with Crippen molar-refractivity contribution in [2.24, 2.45) is 11.8 Å². The maximum Gasteiger partial charge on any atom is 0.231 e. The number of hydrogen-bond donors (Lipinski definition) is 1. The summed E-state index contributed by atoms with van der Waals surface area (Å²) in [6, 6.07) is 6.57. The summed E-state index contributed by atoms with van der Waals surface area (Å²) >= 11 is 0. The zero-order valence-electron chi connectivity index (χ0n) is 14.3. The van der Waals surface area contributed by atoms with Crippen LogP contribution in [-0.4, -0.2) is 32.0 Å². The van der Waals surface area contributed by atoms with Crippen molar-refractivity contribution < 1.29 is 0 Å². The van der Waals surface area contributed by atoms with Gasteiger partial charge in [0.05, 0.1) is 0 Å². The largest absolute Gasteiger partial charge is 0.368 e. The van der Waals surface area contributed by atoms with E-state index in [0.717, 1.165) is 17.5 Å². The molecule has 0 aliphatic heterocycles. The van der Waals surface area contributed by atoms with E-state index < -0.39 is 0 Å². The van der Waals surface area contributed by atoms with Crippen molar-refractivity contribution in [2.45, 2.75) is 51.6 Å². The standard InChI is InChI=1S/C18H24N6/c1-11(13-6-7-13)24(12(2)14-8-9-14)18-22-16(21-17(19)23-18)15-5-3-4-10-20-15/h3-5,10-14H,6-9H2,1-2H3,(H2,19,21,22,23)/t11-,12-/m1/s1. The summed E-state index contributed by atoms with van der Waals surface area (Å²) in [6.45, 7) is 4.58. The molecule has 2 aromatic rings. The summed E-state index contributed by atoms with van der Waals surface area (Å²) in [7, 11) is 0. The molecule has 2 atom stereocenters. The summed E-state index contributed by atoms with van der Waals surface area (Å²) in [6.07, 6.45) is 6.92. The summed E-state index contributed by atoms with van der Waals surface area (Å²) < 4.78 is 0. The Kier molecular flexibility index (Phi) is 3.82. The Labute approximate surface area is 142 Å². The maximum atomic E-state index is 6.00. The van der Waals surface area contributed by atoms with Gasteiger partial charge in [-0.1, -0.05) is 6.07 Å². The molecule has 6 heteroatoms. The number of nitrogens with zero attached hydrogens (tertiary/aromatic N) is 5. The summed E-state index contributed by atoms with van der Waals surface area (Å²) in [5.74, 6) is 2.98. The van der Waals surface area contributed by atoms with Gasteiger partial charge in [0.15, 0.2) is 5.82 Å². The quantitative estimate of drug-likeness (QED) is 0.880. The van der Waals surface area contributed by atoms with Gasteiger partial charge in [0.25, 0.3) is 0 Å². The fourth-order valence-corrected chi connectivity index (χ4v) is 3.45. The molecule has 0 unspecified atom stereocenters. The van der Waals surface area contributed by atoms with E-state index in [9.17, 15) is 0 Å². The summed E-state index contributed by atoms with van der Waals surface area (Å²) in [5.41, 5.74) is 6.73. The SMILES string of the molecule is C[C@H](C1CC1)N(c1nc(N)nc(-c2ccccn2)n1)[C@H](C)C1CC1. The molecule has 2 aliphatic carbocycles. The van der Waals surface area contributed by atoms with Gasteiger partial charge in [-0.25, -0.2) is 0 Å². The van der Waals surface area contributed by atoms with Gasteiger partial charge in [-0.15, -0.1) is 0 Å². The average molecular weight is 324 g/mol. The summed E-state index contributed by atoms with van der Waals surface area (Å²) in [5, 5.41) is 0. The van der Waals surface area contributed by atoms with Gasteiger partial charge in [-0.2, -0.15) is 15.0 Å². The van der Waals surface area contributed by atoms with Crippen LogP contribution in [0.1, 0.15) is 39.5 Å². The molecule has 0 bridgehead atoms. The topological polar surface area (TPSA) is 80.8 Å². The van der Waals surface area contributed by atoms with Crippen LogP contribution in [0, 0.1) is 11.8 Å². The third-order valence-corrected chi connectivity index (χ3v) is 5.25. The highest BCUT2D eigenvalue weighted by atomic mass is 15.3. The van der Waals surface area contributed by atoms with Crippen molar-refractivity contribution in [3.05, 3.63) is 24.4 Å². The van der Waals surface area contributed by atoms with Crippen LogP contribution < -0.4 is 10.6 Å². The fourth-order valence-electron chi connectivity index (χ4n) is 3.45. The molecule has 0 saturated heterocycles. The lowest BCUT2D eigenvalue weighted by Gasteiger charge is -2.35. The Hall–Kier alpha value is -2.24. The predicted octanol–water partition coefficient (Wildman–Crippen LogP) is 2.92. The normalized spacial score (nSPS) is 19.8. The van der Waals surface area contributed by atoms with Gasteiger partial charge in [-0.3, -0.25) is 4.98 Å². The number of pyridine rings is 1. The fraction of sp³-hybridized carbons (Fsp3) is 0.556. The van der Waals surface area contributed by atoms with Crippen LogP contribution in [0.15, 0.2) is 24.4 Å². The molecule has 0 radical (unpaired) electrons. The lowest BCUT2D eigenvalue weighted by molar-refractivity contribution is 0.467. The van der Waals surface area contributed by atoms with Crippen molar-refractivity contribution in [2.75, 3.05) is 10.6 Å². The molecule has 2 aromatic heterocycles. The molecule has 2 fully saturated rings. The summed E-state index contributed by atoms with van der Waals surface area (Å²) in [4.78, 5) is 20.2. The zero-order valence-corrected chi connectivity index (χ0v) is 14.3. The van der Waals surface area contributed by atoms with Gasteiger partial charge in [0, 0.05) is 18.3 Å². The molecule has 4 rings (SSSR count). The van der Waals surface area contributed by atoms with E-state index in [2.05, 4.69) is 33.7 Å². The van der Waals surface area contributed by atoms with Gasteiger partial charge in [-0.05, 0) is 63.5 Å². The zero-order chi connectivity index (χ0) is 16.7. The second-order valence-electron chi connectivity index (χ2n) is 7.10. The average Bonchev–Trinajstić information content (AvgIpc) is 3.48. The molecule has 6 nitrogen and oxygen atoms in total. The minimum absolute atomic E-state index is 0.261. The molecular weight excluding hydrogens is 300 g/mol. The molecule has 0 amide bonds. The van der Waals surface area contributed by atoms with Gasteiger partial charge < -0.3 is 10.6 Å². The molecule has 2 heterocycles. The van der Waals surface area contributed by atoms with E-state index in [1.165, 1.54) is 25.7 Å². The smallest absolute Gasteiger partial charge is 0.231 e. The Morgan fingerprint density at radius 1 is 1.00 bits per heavy atom. The molecule has 2 N–H and O–H groups in total. The first-order chi connectivity index (χ1) is 11.6. The first-order valence-electron chi connectivity index (χ1n) is 8.85. The van der Waals surface area contributed by atoms with E-state index in [1.807, 2.05) is 18.2 Å². The minimum atomic E-state index is 0.261. The molecule has 0 aromatic carbocycles. The monoisotopic (exact) mass is 324 g/mol. The van der Waals surface area contributed by atoms with E-state index in [-0.39, 0.29) is 5.95 Å². The second-order valence-corrected chi connectivity index (χ2v) is 7.10. The van der Waals surface area contributed by atoms with Crippen molar-refractivity contribution in [3.8, 4) is 11.5 Å². The highest BCUT2D eigenvalue weighted by Gasteiger charge is 2.40. The molecule has 0 spiro atoms. The van der Waals surface area contributed by atoms with E-state index in [0.29, 0.717) is 23.9 Å². The van der Waals surface area contributed by atoms with E-state index in [4.69, 9.17) is 10.7 Å². The van der Waals surface area contributed by atoms with Crippen LogP contribution in [-0.2, 0) is 0 Å². The van der Waals surface area contributed by atoms with Crippen LogP contribution in [0.25, 0.3) is 11.5 Å². The Morgan fingerprint density at radius 2 is 1.67 bits per heavy atom. The first-order valence-corrected chi connectivity index (χ1v) is 8.85. The maximum absolute atomic E-state index is 6.00. The first kappa shape index (κ1) is 15.3. The number of nitrogens with two attached hydrogens (primary N) is 1. The number of hydrogen-bond acceptors (Lipinski definition) is 6. The van der Waals surface area contributed by atoms with Crippen LogP contribution in [0.3, 0.4) is 0 Å². The van der Waals surface area contributed by atoms with Gasteiger partial charge in [0.2, 0.25) is 11.9 Å². The van der Waals surface area contributed by atoms with Gasteiger partial charge in [0.1, 0.15) is 5.69 Å². The highest BCUT2D eigenvalue weighted by molar-refractivity contribution is 5.53. The van der Waals surface area contributed by atoms with Crippen molar-refractivity contribution >= 4 is 11.9 Å². The second kappa shape index (κ2) is 6.00. The van der Waals surface area contributed by atoms with Crippen LogP contribution in [0.4, 0.5) is 11.9 Å². The number of anilines is 2. The van der Waals surface area contributed by atoms with Gasteiger partial charge >= 0.3 is 0 Å². The number of rotatable bonds is 6. The third-order valence-electron chi connectivity index (χ3n) is 5.25. The highest BCUT2D eigenvalue weighted by Crippen LogP contribution is 2.42. The van der Waals surface area contributed by atoms with E-state index >= 15 is 0 Å². The minimum Gasteiger partial charge on any atom is -0.368 e. The Balaban J connectivity index is 1.72. The lowest BCUT2D eigenvalue weighted by Crippen LogP contribution is -2.44. The van der Waals surface area contributed by atoms with Crippen molar-refractivity contribution in [1.29, 1.82) is 0 Å². The van der Waals surface area contributed by atoms with Crippen LogP contribution >= 0.6 is 0 Å². The molecule has 126 valence electrons. The lowest BCUT2D eigenvalue weighted by atomic mass is 10.1. The van der Waals surface area contributed by atoms with E-state index in [1.54, 1.807) is 6.20 Å². The Morgan fingerprint density at radius 3 is 2.21 bits per heavy atom. The van der Waals surface area contributed by atoms with Crippen LogP contribution in [0.5, 0.6) is 0 Å². The predicted molar refractivity (Wildman–Crippen MR) is 94.3 cm³/mol. The molecular formula is C18H24N6. The molecule has 2 saturated carbocycles.